The molecule has 0 saturated carbocycles. The van der Waals surface area contributed by atoms with E-state index in [-0.39, 0.29) is 0 Å². The predicted octanol–water partition coefficient (Wildman–Crippen LogP) is 3.15. The van der Waals surface area contributed by atoms with Crippen LogP contribution in [0, 0.1) is 6.92 Å². The molecule has 0 aliphatic heterocycles. The van der Waals surface area contributed by atoms with Crippen molar-refractivity contribution < 1.29 is 0 Å². The van der Waals surface area contributed by atoms with Crippen molar-refractivity contribution in [1.82, 2.24) is 14.8 Å². The van der Waals surface area contributed by atoms with Gasteiger partial charge in [-0.05, 0) is 28.9 Å². The van der Waals surface area contributed by atoms with Gasteiger partial charge in [-0.3, -0.25) is 4.68 Å². The monoisotopic (exact) mass is 314 g/mol. The van der Waals surface area contributed by atoms with Crippen molar-refractivity contribution in [2.75, 3.05) is 5.32 Å². The summed E-state index contributed by atoms with van der Waals surface area (Å²) in [6.07, 6.45) is 3.60. The molecule has 0 saturated heterocycles. The Hall–Kier alpha value is -1.07. The zero-order valence-corrected chi connectivity index (χ0v) is 11.9. The third-order valence-corrected chi connectivity index (χ3v) is 3.23. The number of hydrogen-bond acceptors (Lipinski definition) is 3. The number of halogens is 2. The molecule has 0 spiro atoms. The van der Waals surface area contributed by atoms with Crippen LogP contribution in [-0.2, 0) is 13.6 Å². The van der Waals surface area contributed by atoms with E-state index < -0.39 is 0 Å². The molecule has 0 radical (unpaired) electrons. The van der Waals surface area contributed by atoms with Gasteiger partial charge in [0.25, 0.3) is 0 Å². The van der Waals surface area contributed by atoms with Crippen molar-refractivity contribution in [3.05, 3.63) is 39.3 Å². The average molecular weight is 316 g/mol. The number of rotatable bonds is 3. The normalized spacial score (nSPS) is 10.6. The smallest absolute Gasteiger partial charge is 0.129 e. The fourth-order valence-electron chi connectivity index (χ4n) is 1.56. The van der Waals surface area contributed by atoms with Crippen molar-refractivity contribution in [2.24, 2.45) is 7.05 Å². The van der Waals surface area contributed by atoms with Crippen LogP contribution in [0.1, 0.15) is 11.3 Å². The Labute approximate surface area is 113 Å². The number of aryl methyl sites for hydroxylation is 2. The summed E-state index contributed by atoms with van der Waals surface area (Å²) in [6, 6.07) is 1.84. The lowest BCUT2D eigenvalue weighted by molar-refractivity contribution is 0.756. The molecule has 17 heavy (non-hydrogen) atoms. The first-order valence-electron chi connectivity index (χ1n) is 5.10. The fraction of sp³-hybridized carbons (Fsp3) is 0.273. The van der Waals surface area contributed by atoms with E-state index in [1.807, 2.05) is 26.2 Å². The van der Waals surface area contributed by atoms with E-state index in [0.29, 0.717) is 11.6 Å². The topological polar surface area (TPSA) is 42.7 Å². The van der Waals surface area contributed by atoms with Crippen molar-refractivity contribution in [3.8, 4) is 0 Å². The third-order valence-electron chi connectivity index (χ3n) is 2.39. The van der Waals surface area contributed by atoms with Gasteiger partial charge in [0.1, 0.15) is 4.60 Å². The van der Waals surface area contributed by atoms with Crippen molar-refractivity contribution in [2.45, 2.75) is 13.5 Å². The maximum Gasteiger partial charge on any atom is 0.129 e. The van der Waals surface area contributed by atoms with Gasteiger partial charge in [-0.1, -0.05) is 11.6 Å². The fourth-order valence-corrected chi connectivity index (χ4v) is 2.07. The molecule has 6 heteroatoms. The summed E-state index contributed by atoms with van der Waals surface area (Å²) in [7, 11) is 1.91. The Bertz CT molecular complexity index is 538. The molecule has 0 atom stereocenters. The molecule has 0 aliphatic rings. The molecule has 0 fully saturated rings. The Morgan fingerprint density at radius 2 is 2.29 bits per heavy atom. The Morgan fingerprint density at radius 3 is 2.94 bits per heavy atom. The molecule has 2 aromatic heterocycles. The van der Waals surface area contributed by atoms with E-state index in [2.05, 4.69) is 31.3 Å². The summed E-state index contributed by atoms with van der Waals surface area (Å²) in [4.78, 5) is 4.12. The highest BCUT2D eigenvalue weighted by Crippen LogP contribution is 2.23. The third kappa shape index (κ3) is 2.98. The van der Waals surface area contributed by atoms with Gasteiger partial charge in [-0.25, -0.2) is 4.98 Å². The summed E-state index contributed by atoms with van der Waals surface area (Å²) in [6.45, 7) is 2.68. The molecule has 0 aliphatic carbocycles. The Kier molecular flexibility index (Phi) is 3.69. The van der Waals surface area contributed by atoms with Crippen molar-refractivity contribution >= 4 is 33.2 Å². The summed E-state index contributed by atoms with van der Waals surface area (Å²) in [5.41, 5.74) is 3.05. The van der Waals surface area contributed by atoms with E-state index in [4.69, 9.17) is 11.6 Å². The van der Waals surface area contributed by atoms with E-state index in [1.54, 1.807) is 10.9 Å². The lowest BCUT2D eigenvalue weighted by Gasteiger charge is -2.07. The molecular formula is C11H12BrClN4. The van der Waals surface area contributed by atoms with Gasteiger partial charge in [0, 0.05) is 31.5 Å². The van der Waals surface area contributed by atoms with Crippen LogP contribution in [0.4, 0.5) is 5.69 Å². The maximum atomic E-state index is 5.89. The second kappa shape index (κ2) is 5.06. The molecular weight excluding hydrogens is 304 g/mol. The van der Waals surface area contributed by atoms with Crippen LogP contribution in [0.15, 0.2) is 23.1 Å². The minimum Gasteiger partial charge on any atom is -0.379 e. The van der Waals surface area contributed by atoms with Crippen molar-refractivity contribution in [3.63, 3.8) is 0 Å². The van der Waals surface area contributed by atoms with Gasteiger partial charge >= 0.3 is 0 Å². The number of nitrogens with zero attached hydrogens (tertiary/aromatic N) is 3. The standard InChI is InChI=1S/C11H12BrClN4/c1-7-8(6-17(2)16-7)4-14-10-3-9(13)5-15-11(10)12/h3,5-6,14H,4H2,1-2H3. The first kappa shape index (κ1) is 12.4. The van der Waals surface area contributed by atoms with Crippen LogP contribution in [0.5, 0.6) is 0 Å². The number of pyridine rings is 1. The number of hydrogen-bond donors (Lipinski definition) is 1. The zero-order valence-electron chi connectivity index (χ0n) is 9.54. The minimum absolute atomic E-state index is 0.610. The quantitative estimate of drug-likeness (QED) is 0.885. The Balaban J connectivity index is 2.12. The highest BCUT2D eigenvalue weighted by molar-refractivity contribution is 9.10. The van der Waals surface area contributed by atoms with Gasteiger partial charge in [-0.2, -0.15) is 5.10 Å². The number of nitrogens with one attached hydrogen (secondary N) is 1. The van der Waals surface area contributed by atoms with Crippen LogP contribution < -0.4 is 5.32 Å². The summed E-state index contributed by atoms with van der Waals surface area (Å²) >= 11 is 9.27. The van der Waals surface area contributed by atoms with E-state index in [9.17, 15) is 0 Å². The van der Waals surface area contributed by atoms with Crippen LogP contribution in [0.25, 0.3) is 0 Å². The second-order valence-electron chi connectivity index (χ2n) is 3.76. The average Bonchev–Trinajstić information content (AvgIpc) is 2.59. The van der Waals surface area contributed by atoms with Gasteiger partial charge in [0.2, 0.25) is 0 Å². The number of anilines is 1. The molecule has 1 N–H and O–H groups in total. The molecule has 90 valence electrons. The van der Waals surface area contributed by atoms with E-state index >= 15 is 0 Å². The molecule has 0 bridgehead atoms. The van der Waals surface area contributed by atoms with Gasteiger partial charge < -0.3 is 5.32 Å². The summed E-state index contributed by atoms with van der Waals surface area (Å²) in [5, 5.41) is 8.17. The van der Waals surface area contributed by atoms with Crippen LogP contribution in [0.3, 0.4) is 0 Å². The van der Waals surface area contributed by atoms with Crippen LogP contribution >= 0.6 is 27.5 Å². The Morgan fingerprint density at radius 1 is 1.53 bits per heavy atom. The first-order chi connectivity index (χ1) is 8.06. The minimum atomic E-state index is 0.610. The molecule has 0 unspecified atom stereocenters. The molecule has 0 amide bonds. The highest BCUT2D eigenvalue weighted by atomic mass is 79.9. The maximum absolute atomic E-state index is 5.89. The van der Waals surface area contributed by atoms with Gasteiger partial charge in [0.15, 0.2) is 0 Å². The molecule has 2 aromatic rings. The van der Waals surface area contributed by atoms with E-state index in [1.165, 1.54) is 0 Å². The lowest BCUT2D eigenvalue weighted by atomic mass is 10.2. The van der Waals surface area contributed by atoms with Gasteiger partial charge in [0.05, 0.1) is 16.4 Å². The largest absolute Gasteiger partial charge is 0.379 e. The molecule has 0 aromatic carbocycles. The van der Waals surface area contributed by atoms with Crippen LogP contribution in [-0.4, -0.2) is 14.8 Å². The van der Waals surface area contributed by atoms with E-state index in [0.717, 1.165) is 21.5 Å². The van der Waals surface area contributed by atoms with Crippen LogP contribution in [0.2, 0.25) is 5.02 Å². The summed E-state index contributed by atoms with van der Waals surface area (Å²) in [5.74, 6) is 0. The van der Waals surface area contributed by atoms with Gasteiger partial charge in [-0.15, -0.1) is 0 Å². The zero-order chi connectivity index (χ0) is 12.4. The molecule has 2 rings (SSSR count). The summed E-state index contributed by atoms with van der Waals surface area (Å²) < 4.78 is 2.56. The second-order valence-corrected chi connectivity index (χ2v) is 4.95. The number of aromatic nitrogens is 3. The molecule has 2 heterocycles. The van der Waals surface area contributed by atoms with Crippen molar-refractivity contribution in [1.29, 1.82) is 0 Å². The molecule has 4 nitrogen and oxygen atoms in total. The first-order valence-corrected chi connectivity index (χ1v) is 6.27. The lowest BCUT2D eigenvalue weighted by Crippen LogP contribution is -2.01. The predicted molar refractivity (Wildman–Crippen MR) is 72.2 cm³/mol. The SMILES string of the molecule is Cc1nn(C)cc1CNc1cc(Cl)cnc1Br. The highest BCUT2D eigenvalue weighted by Gasteiger charge is 2.05.